The van der Waals surface area contributed by atoms with E-state index in [-0.39, 0.29) is 23.4 Å². The summed E-state index contributed by atoms with van der Waals surface area (Å²) in [5, 5.41) is 22.7. The summed E-state index contributed by atoms with van der Waals surface area (Å²) in [7, 11) is 1.52. The van der Waals surface area contributed by atoms with Crippen molar-refractivity contribution < 1.29 is 19.4 Å². The quantitative estimate of drug-likeness (QED) is 0.402. The number of benzene rings is 4. The number of aromatic hydroxyl groups is 1. The second kappa shape index (κ2) is 7.96. The van der Waals surface area contributed by atoms with Gasteiger partial charge in [-0.3, -0.25) is 9.36 Å². The summed E-state index contributed by atoms with van der Waals surface area (Å²) in [5.74, 6) is -1.53. The standard InChI is InChI=1S/C29H22N2O5/c1-30-24-15-22(25(32)16-26(24)36-28(30)34)29(35)21-9-5-6-10-23(21)31(27(29)33)17-18-11-13-20(14-12-18)19-7-3-2-4-8-19/h2-16,32,35H,17H2,1H3. The molecule has 0 saturated carbocycles. The zero-order valence-electron chi connectivity index (χ0n) is 19.4. The second-order valence-electron chi connectivity index (χ2n) is 8.95. The molecule has 1 aliphatic heterocycles. The van der Waals surface area contributed by atoms with Gasteiger partial charge in [0.15, 0.2) is 11.2 Å². The van der Waals surface area contributed by atoms with Crippen molar-refractivity contribution in [3.63, 3.8) is 0 Å². The Morgan fingerprint density at radius 3 is 2.25 bits per heavy atom. The second-order valence-corrected chi connectivity index (χ2v) is 8.95. The number of phenols is 1. The Bertz CT molecular complexity index is 1690. The summed E-state index contributed by atoms with van der Waals surface area (Å²) in [6.07, 6.45) is 0. The molecule has 0 bridgehead atoms. The van der Waals surface area contributed by atoms with Crippen molar-refractivity contribution in [2.75, 3.05) is 4.90 Å². The number of carbonyl (C=O) groups excluding carboxylic acids is 1. The number of carbonyl (C=O) groups is 1. The summed E-state index contributed by atoms with van der Waals surface area (Å²) in [6, 6.07) is 27.6. The van der Waals surface area contributed by atoms with E-state index in [0.29, 0.717) is 16.8 Å². The largest absolute Gasteiger partial charge is 0.507 e. The zero-order chi connectivity index (χ0) is 25.0. The molecule has 2 N–H and O–H groups in total. The molecule has 1 atom stereocenters. The van der Waals surface area contributed by atoms with E-state index in [9.17, 15) is 19.8 Å². The van der Waals surface area contributed by atoms with Gasteiger partial charge >= 0.3 is 5.76 Å². The molecule has 7 heteroatoms. The van der Waals surface area contributed by atoms with Crippen LogP contribution in [0.3, 0.4) is 0 Å². The number of para-hydroxylation sites is 1. The highest BCUT2D eigenvalue weighted by molar-refractivity contribution is 6.09. The maximum atomic E-state index is 13.8. The van der Waals surface area contributed by atoms with Crippen LogP contribution in [-0.4, -0.2) is 20.7 Å². The molecule has 1 amide bonds. The van der Waals surface area contributed by atoms with Gasteiger partial charge in [0.2, 0.25) is 0 Å². The van der Waals surface area contributed by atoms with E-state index in [0.717, 1.165) is 16.7 Å². The lowest BCUT2D eigenvalue weighted by molar-refractivity contribution is -0.132. The number of hydrogen-bond donors (Lipinski definition) is 2. The first kappa shape index (κ1) is 21.9. The third kappa shape index (κ3) is 3.17. The number of nitrogens with zero attached hydrogens (tertiary/aromatic N) is 2. The molecule has 6 rings (SSSR count). The minimum absolute atomic E-state index is 0.00854. The highest BCUT2D eigenvalue weighted by Gasteiger charge is 2.52. The molecule has 36 heavy (non-hydrogen) atoms. The Morgan fingerprint density at radius 2 is 1.50 bits per heavy atom. The minimum atomic E-state index is -2.13. The Morgan fingerprint density at radius 1 is 0.833 bits per heavy atom. The number of aromatic nitrogens is 1. The lowest BCUT2D eigenvalue weighted by Gasteiger charge is -2.24. The smallest absolute Gasteiger partial charge is 0.419 e. The molecular formula is C29H22N2O5. The first-order chi connectivity index (χ1) is 17.4. The van der Waals surface area contributed by atoms with E-state index in [2.05, 4.69) is 0 Å². The van der Waals surface area contributed by atoms with Crippen molar-refractivity contribution in [2.24, 2.45) is 7.05 Å². The molecule has 5 aromatic rings. The molecule has 1 unspecified atom stereocenters. The molecule has 0 radical (unpaired) electrons. The van der Waals surface area contributed by atoms with Gasteiger partial charge in [0, 0.05) is 24.2 Å². The van der Waals surface area contributed by atoms with Gasteiger partial charge in [-0.15, -0.1) is 0 Å². The van der Waals surface area contributed by atoms with Crippen LogP contribution in [-0.2, 0) is 24.0 Å². The summed E-state index contributed by atoms with van der Waals surface area (Å²) in [6.45, 7) is 0.237. The molecule has 1 aromatic heterocycles. The third-order valence-electron chi connectivity index (χ3n) is 6.84. The molecule has 0 saturated heterocycles. The van der Waals surface area contributed by atoms with Crippen molar-refractivity contribution >= 4 is 22.7 Å². The van der Waals surface area contributed by atoms with E-state index in [1.54, 1.807) is 24.3 Å². The van der Waals surface area contributed by atoms with Crippen LogP contribution < -0.4 is 10.7 Å². The molecule has 0 spiro atoms. The van der Waals surface area contributed by atoms with Crippen molar-refractivity contribution in [1.82, 2.24) is 4.57 Å². The van der Waals surface area contributed by atoms with Crippen LogP contribution in [0.2, 0.25) is 0 Å². The van der Waals surface area contributed by atoms with E-state index in [1.165, 1.54) is 28.6 Å². The normalized spacial score (nSPS) is 17.1. The van der Waals surface area contributed by atoms with Gasteiger partial charge in [-0.05, 0) is 28.8 Å². The predicted octanol–water partition coefficient (Wildman–Crippen LogP) is 4.29. The molecule has 0 fully saturated rings. The first-order valence-corrected chi connectivity index (χ1v) is 11.5. The van der Waals surface area contributed by atoms with Crippen molar-refractivity contribution in [1.29, 1.82) is 0 Å². The van der Waals surface area contributed by atoms with Gasteiger partial charge in [-0.25, -0.2) is 4.79 Å². The van der Waals surface area contributed by atoms with E-state index in [4.69, 9.17) is 4.42 Å². The molecule has 7 nitrogen and oxygen atoms in total. The number of aliphatic hydroxyl groups is 1. The SMILES string of the molecule is Cn1c(=O)oc2cc(O)c(C3(O)C(=O)N(Cc4ccc(-c5ccccc5)cc4)c4ccccc43)cc21. The van der Waals surface area contributed by atoms with Crippen molar-refractivity contribution in [3.8, 4) is 16.9 Å². The third-order valence-corrected chi connectivity index (χ3v) is 6.84. The summed E-state index contributed by atoms with van der Waals surface area (Å²) < 4.78 is 6.40. The first-order valence-electron chi connectivity index (χ1n) is 11.5. The Labute approximate surface area is 206 Å². The zero-order valence-corrected chi connectivity index (χ0v) is 19.4. The Balaban J connectivity index is 1.41. The van der Waals surface area contributed by atoms with Crippen LogP contribution >= 0.6 is 0 Å². The number of phenolic OH excluding ortho intramolecular Hbond substituents is 1. The van der Waals surface area contributed by atoms with Gasteiger partial charge in [0.25, 0.3) is 5.91 Å². The fourth-order valence-electron chi connectivity index (χ4n) is 4.92. The average molecular weight is 479 g/mol. The van der Waals surface area contributed by atoms with Crippen LogP contribution in [0.5, 0.6) is 5.75 Å². The van der Waals surface area contributed by atoms with Crippen LogP contribution in [0, 0.1) is 0 Å². The number of anilines is 1. The predicted molar refractivity (Wildman–Crippen MR) is 136 cm³/mol. The lowest BCUT2D eigenvalue weighted by Crippen LogP contribution is -2.41. The van der Waals surface area contributed by atoms with Crippen molar-refractivity contribution in [2.45, 2.75) is 12.1 Å². The van der Waals surface area contributed by atoms with Gasteiger partial charge in [-0.1, -0.05) is 72.8 Å². The molecule has 178 valence electrons. The van der Waals surface area contributed by atoms with Crippen molar-refractivity contribution in [3.05, 3.63) is 118 Å². The van der Waals surface area contributed by atoms with Gasteiger partial charge in [-0.2, -0.15) is 0 Å². The number of hydrogen-bond acceptors (Lipinski definition) is 5. The number of aryl methyl sites for hydroxylation is 1. The van der Waals surface area contributed by atoms with Crippen LogP contribution in [0.15, 0.2) is 100 Å². The molecular weight excluding hydrogens is 456 g/mol. The fraction of sp³-hybridized carbons (Fsp3) is 0.103. The maximum absolute atomic E-state index is 13.8. The summed E-state index contributed by atoms with van der Waals surface area (Å²) in [5.41, 5.74) is 2.35. The topological polar surface area (TPSA) is 95.9 Å². The number of amides is 1. The van der Waals surface area contributed by atoms with Gasteiger partial charge in [0.1, 0.15) is 5.75 Å². The molecule has 4 aromatic carbocycles. The van der Waals surface area contributed by atoms with Gasteiger partial charge < -0.3 is 19.5 Å². The number of fused-ring (bicyclic) bond motifs is 2. The lowest BCUT2D eigenvalue weighted by atomic mass is 9.86. The van der Waals surface area contributed by atoms with Gasteiger partial charge in [0.05, 0.1) is 17.7 Å². The summed E-state index contributed by atoms with van der Waals surface area (Å²) >= 11 is 0. The van der Waals surface area contributed by atoms with E-state index >= 15 is 0 Å². The highest BCUT2D eigenvalue weighted by atomic mass is 16.4. The van der Waals surface area contributed by atoms with E-state index in [1.807, 2.05) is 54.6 Å². The highest BCUT2D eigenvalue weighted by Crippen LogP contribution is 2.48. The van der Waals surface area contributed by atoms with Crippen LogP contribution in [0.1, 0.15) is 16.7 Å². The maximum Gasteiger partial charge on any atom is 0.419 e. The number of oxazole rings is 1. The summed E-state index contributed by atoms with van der Waals surface area (Å²) in [4.78, 5) is 27.3. The number of rotatable bonds is 4. The molecule has 1 aliphatic rings. The Kier molecular flexibility index (Phi) is 4.84. The van der Waals surface area contributed by atoms with E-state index < -0.39 is 17.3 Å². The monoisotopic (exact) mass is 478 g/mol. The van der Waals surface area contributed by atoms with Crippen LogP contribution in [0.25, 0.3) is 22.2 Å². The Hall–Kier alpha value is -4.62. The molecule has 0 aliphatic carbocycles. The fourth-order valence-corrected chi connectivity index (χ4v) is 4.92. The molecule has 2 heterocycles. The average Bonchev–Trinajstić information content (AvgIpc) is 3.29. The minimum Gasteiger partial charge on any atom is -0.507 e. The van der Waals surface area contributed by atoms with Crippen LogP contribution in [0.4, 0.5) is 5.69 Å².